The van der Waals surface area contributed by atoms with Crippen LogP contribution in [-0.4, -0.2) is 71.0 Å². The van der Waals surface area contributed by atoms with Gasteiger partial charge in [-0.15, -0.1) is 5.10 Å². The lowest BCUT2D eigenvalue weighted by Gasteiger charge is -2.29. The zero-order chi connectivity index (χ0) is 31.2. The molecule has 1 fully saturated rings. The molecular formula is C32H35N5O7. The van der Waals surface area contributed by atoms with Gasteiger partial charge < -0.3 is 18.9 Å². The molecule has 2 heterocycles. The van der Waals surface area contributed by atoms with Gasteiger partial charge in [-0.25, -0.2) is 19.3 Å². The number of carbonyl (C=O) groups is 3. The maximum Gasteiger partial charge on any atom is 0.361 e. The summed E-state index contributed by atoms with van der Waals surface area (Å²) in [6.07, 6.45) is 4.69. The van der Waals surface area contributed by atoms with E-state index >= 15 is 0 Å². The number of ether oxygens (including phenoxy) is 4. The molecule has 0 unspecified atom stereocenters. The second kappa shape index (κ2) is 13.5. The summed E-state index contributed by atoms with van der Waals surface area (Å²) in [4.78, 5) is 39.4. The normalized spacial score (nSPS) is 18.4. The first-order valence-electron chi connectivity index (χ1n) is 14.6. The third-order valence-corrected chi connectivity index (χ3v) is 7.63. The average Bonchev–Trinajstić information content (AvgIpc) is 3.64. The molecule has 1 saturated carbocycles. The van der Waals surface area contributed by atoms with Gasteiger partial charge in [-0.1, -0.05) is 29.5 Å². The maximum absolute atomic E-state index is 14.0. The highest BCUT2D eigenvalue weighted by Gasteiger charge is 2.44. The van der Waals surface area contributed by atoms with Crippen LogP contribution in [0, 0.1) is 5.92 Å². The van der Waals surface area contributed by atoms with Crippen molar-refractivity contribution in [3.05, 3.63) is 76.6 Å². The molecule has 1 aliphatic carbocycles. The lowest BCUT2D eigenvalue weighted by Crippen LogP contribution is -2.34. The summed E-state index contributed by atoms with van der Waals surface area (Å²) in [7, 11) is 3.23. The van der Waals surface area contributed by atoms with Crippen LogP contribution < -0.4 is 9.47 Å². The molecule has 1 amide bonds. The van der Waals surface area contributed by atoms with E-state index in [4.69, 9.17) is 24.0 Å². The maximum atomic E-state index is 14.0. The number of carbonyl (C=O) groups excluding carboxylic acids is 3. The first kappa shape index (κ1) is 30.5. The second-order valence-electron chi connectivity index (χ2n) is 10.3. The van der Waals surface area contributed by atoms with Gasteiger partial charge in [-0.3, -0.25) is 4.79 Å². The van der Waals surface area contributed by atoms with Gasteiger partial charge in [0.1, 0.15) is 18.0 Å². The molecule has 1 aliphatic heterocycles. The molecule has 2 atom stereocenters. The number of rotatable bonds is 10. The van der Waals surface area contributed by atoms with Gasteiger partial charge in [0.2, 0.25) is 5.69 Å². The Bertz CT molecular complexity index is 1580. The Morgan fingerprint density at radius 1 is 0.909 bits per heavy atom. The van der Waals surface area contributed by atoms with Crippen molar-refractivity contribution in [1.29, 1.82) is 0 Å². The number of allylic oxidation sites excluding steroid dienone is 1. The van der Waals surface area contributed by atoms with Crippen molar-refractivity contribution in [2.75, 3.05) is 27.4 Å². The number of nitrogens with zero attached hydrogens (tertiary/aromatic N) is 5. The molecule has 1 aromatic heterocycles. The Labute approximate surface area is 255 Å². The largest absolute Gasteiger partial charge is 0.497 e. The topological polar surface area (TPSA) is 134 Å². The minimum Gasteiger partial charge on any atom is -0.497 e. The van der Waals surface area contributed by atoms with Gasteiger partial charge in [-0.05, 0) is 80.2 Å². The van der Waals surface area contributed by atoms with Crippen LogP contribution in [0.5, 0.6) is 11.5 Å². The van der Waals surface area contributed by atoms with E-state index in [0.717, 1.165) is 52.1 Å². The van der Waals surface area contributed by atoms with Crippen LogP contribution >= 0.6 is 0 Å². The predicted molar refractivity (Wildman–Crippen MR) is 160 cm³/mol. The monoisotopic (exact) mass is 601 g/mol. The first-order valence-corrected chi connectivity index (χ1v) is 14.6. The number of benzene rings is 2. The molecule has 230 valence electrons. The summed E-state index contributed by atoms with van der Waals surface area (Å²) in [5, 5.41) is 14.2. The summed E-state index contributed by atoms with van der Waals surface area (Å²) in [5.41, 5.74) is 3.24. The predicted octanol–water partition coefficient (Wildman–Crippen LogP) is 4.47. The number of esters is 2. The quantitative estimate of drug-likeness (QED) is 0.309. The van der Waals surface area contributed by atoms with E-state index in [0.29, 0.717) is 5.75 Å². The molecule has 0 bridgehead atoms. The van der Waals surface area contributed by atoms with E-state index < -0.39 is 30.4 Å². The van der Waals surface area contributed by atoms with E-state index in [-0.39, 0.29) is 30.5 Å². The lowest BCUT2D eigenvalue weighted by molar-refractivity contribution is -0.134. The Hall–Kier alpha value is -5.00. The number of hydrazone groups is 1. The number of fused-ring (bicyclic) bond motifs is 1. The first-order chi connectivity index (χ1) is 21.4. The average molecular weight is 602 g/mol. The van der Waals surface area contributed by atoms with Gasteiger partial charge >= 0.3 is 11.9 Å². The van der Waals surface area contributed by atoms with E-state index in [1.807, 2.05) is 48.5 Å². The molecule has 0 spiro atoms. The van der Waals surface area contributed by atoms with Gasteiger partial charge in [0.15, 0.2) is 5.69 Å². The van der Waals surface area contributed by atoms with E-state index in [9.17, 15) is 14.4 Å². The summed E-state index contributed by atoms with van der Waals surface area (Å²) in [5.74, 6) is -0.673. The molecule has 0 N–H and O–H groups in total. The Kier molecular flexibility index (Phi) is 9.37. The van der Waals surface area contributed by atoms with Crippen molar-refractivity contribution in [3.8, 4) is 11.5 Å². The van der Waals surface area contributed by atoms with Crippen LogP contribution in [0.25, 0.3) is 6.08 Å². The van der Waals surface area contributed by atoms with Crippen molar-refractivity contribution in [2.24, 2.45) is 11.0 Å². The van der Waals surface area contributed by atoms with Crippen LogP contribution in [0.15, 0.2) is 59.2 Å². The van der Waals surface area contributed by atoms with Gasteiger partial charge in [0, 0.05) is 5.92 Å². The third-order valence-electron chi connectivity index (χ3n) is 7.63. The molecule has 0 saturated heterocycles. The van der Waals surface area contributed by atoms with Crippen molar-refractivity contribution < 1.29 is 33.3 Å². The molecular weight excluding hydrogens is 566 g/mol. The van der Waals surface area contributed by atoms with Crippen molar-refractivity contribution in [1.82, 2.24) is 20.0 Å². The highest BCUT2D eigenvalue weighted by molar-refractivity contribution is 6.08. The fourth-order valence-electron chi connectivity index (χ4n) is 5.61. The molecule has 12 heteroatoms. The summed E-state index contributed by atoms with van der Waals surface area (Å²) in [6.45, 7) is 3.02. The van der Waals surface area contributed by atoms with Gasteiger partial charge in [0.05, 0.1) is 39.2 Å². The van der Waals surface area contributed by atoms with Crippen molar-refractivity contribution in [2.45, 2.75) is 45.7 Å². The van der Waals surface area contributed by atoms with E-state index in [1.54, 1.807) is 28.1 Å². The highest BCUT2D eigenvalue weighted by Crippen LogP contribution is 2.44. The lowest BCUT2D eigenvalue weighted by atomic mass is 9.77. The molecule has 44 heavy (non-hydrogen) atoms. The van der Waals surface area contributed by atoms with E-state index in [1.165, 1.54) is 5.01 Å². The van der Waals surface area contributed by atoms with Crippen LogP contribution in [0.2, 0.25) is 0 Å². The number of amides is 1. The Morgan fingerprint density at radius 2 is 1.55 bits per heavy atom. The van der Waals surface area contributed by atoms with Crippen molar-refractivity contribution >= 4 is 29.6 Å². The fourth-order valence-corrected chi connectivity index (χ4v) is 5.61. The number of aromatic nitrogens is 3. The van der Waals surface area contributed by atoms with Crippen LogP contribution in [0.4, 0.5) is 0 Å². The Balaban J connectivity index is 1.52. The number of hydrogen-bond donors (Lipinski definition) is 0. The highest BCUT2D eigenvalue weighted by atomic mass is 16.5. The summed E-state index contributed by atoms with van der Waals surface area (Å²) in [6, 6.07) is 15.0. The summed E-state index contributed by atoms with van der Waals surface area (Å²) < 4.78 is 21.9. The molecule has 5 rings (SSSR count). The molecule has 0 radical (unpaired) electrons. The van der Waals surface area contributed by atoms with Crippen molar-refractivity contribution in [3.63, 3.8) is 0 Å². The zero-order valence-corrected chi connectivity index (χ0v) is 25.2. The minimum absolute atomic E-state index is 0.0547. The van der Waals surface area contributed by atoms with Gasteiger partial charge in [0.25, 0.3) is 5.91 Å². The van der Waals surface area contributed by atoms with Crippen LogP contribution in [0.3, 0.4) is 0 Å². The standard InChI is InChI=1S/C32H35N5O7/c1-5-43-31(39)28-30(32(40)44-6-2)36(35-33-28)19-26(38)37-29(21-12-16-24(42-4)17-13-21)25-9-7-8-22(27(25)34-37)18-20-10-14-23(41-3)15-11-20/h10-18,25,29H,5-9,19H2,1-4H3/b22-18-/t25-,29-/m0/s1. The van der Waals surface area contributed by atoms with E-state index in [2.05, 4.69) is 16.4 Å². The third kappa shape index (κ3) is 6.19. The van der Waals surface area contributed by atoms with Gasteiger partial charge in [-0.2, -0.15) is 5.10 Å². The second-order valence-corrected chi connectivity index (χ2v) is 10.3. The number of hydrogen-bond acceptors (Lipinski definition) is 10. The smallest absolute Gasteiger partial charge is 0.361 e. The van der Waals surface area contributed by atoms with Crippen LogP contribution in [0.1, 0.15) is 71.3 Å². The zero-order valence-electron chi connectivity index (χ0n) is 25.2. The minimum atomic E-state index is -0.828. The Morgan fingerprint density at radius 3 is 2.18 bits per heavy atom. The molecule has 12 nitrogen and oxygen atoms in total. The molecule has 2 aromatic carbocycles. The summed E-state index contributed by atoms with van der Waals surface area (Å²) >= 11 is 0. The number of methoxy groups -OCH3 is 2. The fraction of sp³-hybridized carbons (Fsp3) is 0.375. The molecule has 2 aliphatic rings. The SMILES string of the molecule is CCOC(=O)c1nnn(CC(=O)N2N=C3/C(=C\c4ccc(OC)cc4)CCC[C@@H]3[C@@H]2c2ccc(OC)cc2)c1C(=O)OCC. The molecule has 3 aromatic rings. The van der Waals surface area contributed by atoms with Crippen LogP contribution in [-0.2, 0) is 20.8 Å².